The number of ether oxygens (including phenoxy) is 2. The summed E-state index contributed by atoms with van der Waals surface area (Å²) in [4.78, 5) is 13.8. The third-order valence-electron chi connectivity index (χ3n) is 3.14. The molecule has 2 rings (SSSR count). The van der Waals surface area contributed by atoms with Crippen LogP contribution < -0.4 is 14.8 Å². The van der Waals surface area contributed by atoms with Gasteiger partial charge in [-0.3, -0.25) is 4.79 Å². The fraction of sp³-hybridized carbons (Fsp3) is 0.500. The summed E-state index contributed by atoms with van der Waals surface area (Å²) in [7, 11) is 1.60. The normalized spacial score (nSPS) is 14.4. The van der Waals surface area contributed by atoms with Crippen LogP contribution in [0.5, 0.6) is 11.5 Å². The minimum Gasteiger partial charge on any atom is -0.493 e. The van der Waals surface area contributed by atoms with Crippen molar-refractivity contribution in [1.82, 2.24) is 10.2 Å². The number of halogens is 1. The van der Waals surface area contributed by atoms with Crippen LogP contribution in [-0.2, 0) is 4.79 Å². The van der Waals surface area contributed by atoms with E-state index >= 15 is 0 Å². The predicted molar refractivity (Wildman–Crippen MR) is 79.9 cm³/mol. The Kier molecular flexibility index (Phi) is 6.61. The summed E-state index contributed by atoms with van der Waals surface area (Å²) in [6.45, 7) is 5.22. The van der Waals surface area contributed by atoms with E-state index in [0.29, 0.717) is 11.5 Å². The molecule has 0 radical (unpaired) electrons. The Balaban J connectivity index is 0.00000200. The van der Waals surface area contributed by atoms with E-state index in [1.807, 2.05) is 30.0 Å². The summed E-state index contributed by atoms with van der Waals surface area (Å²) in [6.07, 6.45) is 0. The van der Waals surface area contributed by atoms with Gasteiger partial charge in [0, 0.05) is 26.2 Å². The average Bonchev–Trinajstić information content (AvgIpc) is 2.46. The third-order valence-corrected chi connectivity index (χ3v) is 3.14. The van der Waals surface area contributed by atoms with Crippen LogP contribution in [0.4, 0.5) is 0 Å². The van der Waals surface area contributed by atoms with Crippen LogP contribution in [0.25, 0.3) is 0 Å². The van der Waals surface area contributed by atoms with Gasteiger partial charge in [0.1, 0.15) is 0 Å². The number of benzene rings is 1. The molecule has 1 fully saturated rings. The molecule has 20 heavy (non-hydrogen) atoms. The second-order valence-electron chi connectivity index (χ2n) is 4.57. The number of nitrogens with one attached hydrogen (secondary N) is 1. The quantitative estimate of drug-likeness (QED) is 0.909. The van der Waals surface area contributed by atoms with E-state index in [-0.39, 0.29) is 24.9 Å². The van der Waals surface area contributed by atoms with Crippen molar-refractivity contribution in [2.45, 2.75) is 6.92 Å². The van der Waals surface area contributed by atoms with Crippen LogP contribution in [0.1, 0.15) is 5.56 Å². The maximum absolute atomic E-state index is 12.0. The average molecular weight is 301 g/mol. The van der Waals surface area contributed by atoms with Gasteiger partial charge in [0.25, 0.3) is 5.91 Å². The highest BCUT2D eigenvalue weighted by Gasteiger charge is 2.17. The van der Waals surface area contributed by atoms with Gasteiger partial charge in [0.05, 0.1) is 7.11 Å². The summed E-state index contributed by atoms with van der Waals surface area (Å²) in [6, 6.07) is 5.66. The first-order valence-corrected chi connectivity index (χ1v) is 6.46. The summed E-state index contributed by atoms with van der Waals surface area (Å²) in [5, 5.41) is 3.21. The smallest absolute Gasteiger partial charge is 0.260 e. The molecule has 0 aliphatic carbocycles. The third kappa shape index (κ3) is 4.28. The van der Waals surface area contributed by atoms with Crippen LogP contribution in [0.3, 0.4) is 0 Å². The van der Waals surface area contributed by atoms with E-state index in [1.54, 1.807) is 7.11 Å². The van der Waals surface area contributed by atoms with Gasteiger partial charge in [-0.2, -0.15) is 0 Å². The second kappa shape index (κ2) is 7.97. The molecule has 1 aromatic rings. The molecular weight excluding hydrogens is 280 g/mol. The molecular formula is C14H21ClN2O3. The van der Waals surface area contributed by atoms with Gasteiger partial charge >= 0.3 is 0 Å². The van der Waals surface area contributed by atoms with Crippen molar-refractivity contribution in [2.75, 3.05) is 39.9 Å². The largest absolute Gasteiger partial charge is 0.493 e. The summed E-state index contributed by atoms with van der Waals surface area (Å²) in [5.41, 5.74) is 1.10. The molecule has 1 heterocycles. The zero-order chi connectivity index (χ0) is 13.7. The van der Waals surface area contributed by atoms with Crippen LogP contribution >= 0.6 is 12.4 Å². The number of carbonyl (C=O) groups excluding carboxylic acids is 1. The Bertz CT molecular complexity index is 448. The lowest BCUT2D eigenvalue weighted by molar-refractivity contribution is -0.133. The van der Waals surface area contributed by atoms with Gasteiger partial charge in [0.2, 0.25) is 0 Å². The topological polar surface area (TPSA) is 50.8 Å². The molecule has 0 bridgehead atoms. The van der Waals surface area contributed by atoms with Crippen molar-refractivity contribution in [3.63, 3.8) is 0 Å². The van der Waals surface area contributed by atoms with Crippen LogP contribution in [-0.4, -0.2) is 50.7 Å². The molecule has 5 nitrogen and oxygen atoms in total. The van der Waals surface area contributed by atoms with Crippen molar-refractivity contribution in [2.24, 2.45) is 0 Å². The van der Waals surface area contributed by atoms with Crippen LogP contribution in [0.2, 0.25) is 0 Å². The summed E-state index contributed by atoms with van der Waals surface area (Å²) >= 11 is 0. The number of hydrogen-bond donors (Lipinski definition) is 1. The maximum atomic E-state index is 12.0. The van der Waals surface area contributed by atoms with E-state index in [9.17, 15) is 4.79 Å². The Morgan fingerprint density at radius 3 is 2.65 bits per heavy atom. The number of carbonyl (C=O) groups is 1. The Hall–Kier alpha value is -1.46. The highest BCUT2D eigenvalue weighted by molar-refractivity contribution is 5.85. The SMILES string of the molecule is COc1cc(C)ccc1OCC(=O)N1CCNCC1.Cl. The number of nitrogens with zero attached hydrogens (tertiary/aromatic N) is 1. The van der Waals surface area contributed by atoms with E-state index in [0.717, 1.165) is 31.7 Å². The van der Waals surface area contributed by atoms with E-state index in [2.05, 4.69) is 5.32 Å². The zero-order valence-electron chi connectivity index (χ0n) is 11.8. The van der Waals surface area contributed by atoms with Crippen molar-refractivity contribution in [3.05, 3.63) is 23.8 Å². The van der Waals surface area contributed by atoms with Crippen molar-refractivity contribution in [3.8, 4) is 11.5 Å². The molecule has 1 saturated heterocycles. The fourth-order valence-electron chi connectivity index (χ4n) is 2.04. The lowest BCUT2D eigenvalue weighted by atomic mass is 10.2. The first-order valence-electron chi connectivity index (χ1n) is 6.46. The van der Waals surface area contributed by atoms with Gasteiger partial charge in [-0.15, -0.1) is 12.4 Å². The molecule has 0 saturated carbocycles. The summed E-state index contributed by atoms with van der Waals surface area (Å²) < 4.78 is 10.8. The Morgan fingerprint density at radius 1 is 1.30 bits per heavy atom. The Labute approximate surface area is 125 Å². The Morgan fingerprint density at radius 2 is 2.00 bits per heavy atom. The monoisotopic (exact) mass is 300 g/mol. The molecule has 6 heteroatoms. The van der Waals surface area contributed by atoms with E-state index < -0.39 is 0 Å². The zero-order valence-corrected chi connectivity index (χ0v) is 12.7. The van der Waals surface area contributed by atoms with Gasteiger partial charge in [0.15, 0.2) is 18.1 Å². The van der Waals surface area contributed by atoms with Crippen molar-refractivity contribution < 1.29 is 14.3 Å². The molecule has 1 aliphatic heterocycles. The van der Waals surface area contributed by atoms with Crippen molar-refractivity contribution in [1.29, 1.82) is 0 Å². The second-order valence-corrected chi connectivity index (χ2v) is 4.57. The number of aryl methyl sites for hydroxylation is 1. The predicted octanol–water partition coefficient (Wildman–Crippen LogP) is 1.24. The molecule has 0 aromatic heterocycles. The first kappa shape index (κ1) is 16.6. The number of hydrogen-bond acceptors (Lipinski definition) is 4. The number of methoxy groups -OCH3 is 1. The minimum atomic E-state index is 0. The van der Waals surface area contributed by atoms with E-state index in [1.165, 1.54) is 0 Å². The molecule has 112 valence electrons. The number of piperazine rings is 1. The molecule has 0 spiro atoms. The number of amides is 1. The lowest BCUT2D eigenvalue weighted by Gasteiger charge is -2.27. The molecule has 0 atom stereocenters. The fourth-order valence-corrected chi connectivity index (χ4v) is 2.04. The van der Waals surface area contributed by atoms with E-state index in [4.69, 9.17) is 9.47 Å². The van der Waals surface area contributed by atoms with Crippen LogP contribution in [0, 0.1) is 6.92 Å². The van der Waals surface area contributed by atoms with Gasteiger partial charge in [-0.25, -0.2) is 0 Å². The maximum Gasteiger partial charge on any atom is 0.260 e. The van der Waals surface area contributed by atoms with Gasteiger partial charge in [-0.05, 0) is 24.6 Å². The first-order chi connectivity index (χ1) is 9.20. The van der Waals surface area contributed by atoms with Gasteiger partial charge < -0.3 is 19.7 Å². The van der Waals surface area contributed by atoms with Gasteiger partial charge in [-0.1, -0.05) is 6.07 Å². The minimum absolute atomic E-state index is 0. The molecule has 1 aromatic carbocycles. The van der Waals surface area contributed by atoms with Crippen LogP contribution in [0.15, 0.2) is 18.2 Å². The highest BCUT2D eigenvalue weighted by atomic mass is 35.5. The number of rotatable bonds is 4. The molecule has 0 unspecified atom stereocenters. The molecule has 1 aliphatic rings. The molecule has 1 N–H and O–H groups in total. The standard InChI is InChI=1S/C14H20N2O3.ClH/c1-11-3-4-12(13(9-11)18-2)19-10-14(17)16-7-5-15-6-8-16;/h3-4,9,15H,5-8,10H2,1-2H3;1H. The summed E-state index contributed by atoms with van der Waals surface area (Å²) in [5.74, 6) is 1.29. The molecule has 1 amide bonds. The van der Waals surface area contributed by atoms with Crippen molar-refractivity contribution >= 4 is 18.3 Å². The highest BCUT2D eigenvalue weighted by Crippen LogP contribution is 2.27. The lowest BCUT2D eigenvalue weighted by Crippen LogP contribution is -2.47.